The van der Waals surface area contributed by atoms with Gasteiger partial charge in [0.1, 0.15) is 0 Å². The van der Waals surface area contributed by atoms with Crippen molar-refractivity contribution in [3.63, 3.8) is 0 Å². The van der Waals surface area contributed by atoms with E-state index in [0.29, 0.717) is 11.0 Å². The van der Waals surface area contributed by atoms with Crippen LogP contribution in [0.5, 0.6) is 0 Å². The maximum absolute atomic E-state index is 11.1. The molecular formula is C15H20N2O. The van der Waals surface area contributed by atoms with Gasteiger partial charge in [-0.15, -0.1) is 0 Å². The highest BCUT2D eigenvalue weighted by Gasteiger charge is 2.53. The second-order valence-corrected chi connectivity index (χ2v) is 5.80. The van der Waals surface area contributed by atoms with Gasteiger partial charge in [-0.05, 0) is 54.7 Å². The Kier molecular flexibility index (Phi) is 2.86. The van der Waals surface area contributed by atoms with Crippen molar-refractivity contribution in [3.05, 3.63) is 35.4 Å². The first-order valence-electron chi connectivity index (χ1n) is 6.79. The van der Waals surface area contributed by atoms with Crippen LogP contribution in [0.15, 0.2) is 24.3 Å². The molecule has 1 amide bonds. The lowest BCUT2D eigenvalue weighted by atomic mass is 10.0. The molecule has 3 N–H and O–H groups in total. The number of rotatable bonds is 6. The zero-order chi connectivity index (χ0) is 12.6. The molecule has 0 saturated heterocycles. The van der Waals surface area contributed by atoms with Gasteiger partial charge < -0.3 is 11.1 Å². The summed E-state index contributed by atoms with van der Waals surface area (Å²) in [6.45, 7) is 1.95. The third kappa shape index (κ3) is 2.41. The van der Waals surface area contributed by atoms with Crippen molar-refractivity contribution < 1.29 is 4.79 Å². The zero-order valence-electron chi connectivity index (χ0n) is 10.6. The molecule has 2 aliphatic carbocycles. The number of carbonyl (C=O) groups is 1. The number of benzene rings is 1. The van der Waals surface area contributed by atoms with E-state index in [2.05, 4.69) is 5.32 Å². The molecule has 3 heteroatoms. The highest BCUT2D eigenvalue weighted by Crippen LogP contribution is 2.60. The number of nitrogens with one attached hydrogen (secondary N) is 1. The van der Waals surface area contributed by atoms with Gasteiger partial charge in [0, 0.05) is 18.7 Å². The molecule has 0 unspecified atom stereocenters. The number of primary amides is 1. The molecule has 2 aliphatic rings. The molecule has 2 fully saturated rings. The van der Waals surface area contributed by atoms with E-state index in [4.69, 9.17) is 5.73 Å². The fourth-order valence-corrected chi connectivity index (χ4v) is 2.88. The van der Waals surface area contributed by atoms with Gasteiger partial charge in [-0.1, -0.05) is 12.1 Å². The fourth-order valence-electron chi connectivity index (χ4n) is 2.88. The number of nitrogens with two attached hydrogens (primary N) is 1. The second kappa shape index (κ2) is 4.39. The largest absolute Gasteiger partial charge is 0.366 e. The van der Waals surface area contributed by atoms with Crippen LogP contribution in [-0.2, 0) is 6.54 Å². The van der Waals surface area contributed by atoms with E-state index in [0.717, 1.165) is 24.6 Å². The Bertz CT molecular complexity index is 461. The molecule has 96 valence electrons. The SMILES string of the molecule is NC(=O)c1cccc(CNCC2(C3CC3)CC2)c1. The van der Waals surface area contributed by atoms with Crippen LogP contribution in [0.3, 0.4) is 0 Å². The van der Waals surface area contributed by atoms with E-state index < -0.39 is 0 Å². The summed E-state index contributed by atoms with van der Waals surface area (Å²) in [6, 6.07) is 7.57. The van der Waals surface area contributed by atoms with E-state index in [1.807, 2.05) is 18.2 Å². The van der Waals surface area contributed by atoms with Gasteiger partial charge in [0.15, 0.2) is 0 Å². The summed E-state index contributed by atoms with van der Waals surface area (Å²) in [7, 11) is 0. The number of hydrogen-bond acceptors (Lipinski definition) is 2. The Balaban J connectivity index is 1.53. The Morgan fingerprint density at radius 1 is 1.39 bits per heavy atom. The summed E-state index contributed by atoms with van der Waals surface area (Å²) in [5, 5.41) is 3.54. The highest BCUT2D eigenvalue weighted by atomic mass is 16.1. The van der Waals surface area contributed by atoms with Gasteiger partial charge in [-0.3, -0.25) is 4.79 Å². The summed E-state index contributed by atoms with van der Waals surface area (Å²) < 4.78 is 0. The summed E-state index contributed by atoms with van der Waals surface area (Å²) >= 11 is 0. The van der Waals surface area contributed by atoms with Crippen LogP contribution < -0.4 is 11.1 Å². The topological polar surface area (TPSA) is 55.1 Å². The average molecular weight is 244 g/mol. The normalized spacial score (nSPS) is 20.7. The minimum Gasteiger partial charge on any atom is -0.366 e. The maximum Gasteiger partial charge on any atom is 0.248 e. The maximum atomic E-state index is 11.1. The molecule has 0 spiro atoms. The molecule has 3 nitrogen and oxygen atoms in total. The van der Waals surface area contributed by atoms with E-state index in [-0.39, 0.29) is 5.91 Å². The van der Waals surface area contributed by atoms with Crippen LogP contribution in [-0.4, -0.2) is 12.5 Å². The van der Waals surface area contributed by atoms with E-state index in [9.17, 15) is 4.79 Å². The predicted molar refractivity (Wildman–Crippen MR) is 71.1 cm³/mol. The predicted octanol–water partition coefficient (Wildman–Crippen LogP) is 2.07. The summed E-state index contributed by atoms with van der Waals surface area (Å²) in [6.07, 6.45) is 5.65. The lowest BCUT2D eigenvalue weighted by Gasteiger charge is -2.15. The van der Waals surface area contributed by atoms with Crippen molar-refractivity contribution >= 4 is 5.91 Å². The smallest absolute Gasteiger partial charge is 0.248 e. The van der Waals surface area contributed by atoms with E-state index in [1.165, 1.54) is 25.7 Å². The molecule has 2 saturated carbocycles. The van der Waals surface area contributed by atoms with Crippen molar-refractivity contribution in [2.24, 2.45) is 17.1 Å². The standard InChI is InChI=1S/C15H20N2O/c16-14(18)12-3-1-2-11(8-12)9-17-10-15(6-7-15)13-4-5-13/h1-3,8,13,17H,4-7,9-10H2,(H2,16,18). The van der Waals surface area contributed by atoms with E-state index in [1.54, 1.807) is 6.07 Å². The van der Waals surface area contributed by atoms with Gasteiger partial charge in [-0.2, -0.15) is 0 Å². The van der Waals surface area contributed by atoms with Gasteiger partial charge in [0.05, 0.1) is 0 Å². The molecule has 0 bridgehead atoms. The van der Waals surface area contributed by atoms with Crippen LogP contribution in [0, 0.1) is 11.3 Å². The Hall–Kier alpha value is -1.35. The Labute approximate surface area is 108 Å². The molecule has 0 heterocycles. The molecule has 0 radical (unpaired) electrons. The number of carbonyl (C=O) groups excluding carboxylic acids is 1. The lowest BCUT2D eigenvalue weighted by Crippen LogP contribution is -2.25. The Morgan fingerprint density at radius 2 is 2.17 bits per heavy atom. The second-order valence-electron chi connectivity index (χ2n) is 5.80. The molecule has 18 heavy (non-hydrogen) atoms. The van der Waals surface area contributed by atoms with Crippen molar-refractivity contribution in [2.45, 2.75) is 32.2 Å². The first kappa shape index (κ1) is 11.7. The molecule has 1 aromatic carbocycles. The monoisotopic (exact) mass is 244 g/mol. The first-order valence-corrected chi connectivity index (χ1v) is 6.79. The quantitative estimate of drug-likeness (QED) is 0.805. The van der Waals surface area contributed by atoms with Crippen LogP contribution in [0.1, 0.15) is 41.6 Å². The zero-order valence-corrected chi connectivity index (χ0v) is 10.6. The van der Waals surface area contributed by atoms with Crippen molar-refractivity contribution in [3.8, 4) is 0 Å². The minimum absolute atomic E-state index is 0.353. The molecule has 1 aromatic rings. The van der Waals surface area contributed by atoms with Gasteiger partial charge in [-0.25, -0.2) is 0 Å². The highest BCUT2D eigenvalue weighted by molar-refractivity contribution is 5.92. The van der Waals surface area contributed by atoms with Crippen molar-refractivity contribution in [1.29, 1.82) is 0 Å². The number of hydrogen-bond donors (Lipinski definition) is 2. The van der Waals surface area contributed by atoms with Gasteiger partial charge >= 0.3 is 0 Å². The van der Waals surface area contributed by atoms with Crippen molar-refractivity contribution in [1.82, 2.24) is 5.32 Å². The first-order chi connectivity index (χ1) is 8.70. The summed E-state index contributed by atoms with van der Waals surface area (Å²) in [4.78, 5) is 11.1. The lowest BCUT2D eigenvalue weighted by molar-refractivity contribution is 0.1000. The van der Waals surface area contributed by atoms with Crippen LogP contribution >= 0.6 is 0 Å². The molecular weight excluding hydrogens is 224 g/mol. The van der Waals surface area contributed by atoms with Gasteiger partial charge in [0.2, 0.25) is 5.91 Å². The van der Waals surface area contributed by atoms with Crippen molar-refractivity contribution in [2.75, 3.05) is 6.54 Å². The third-order valence-electron chi connectivity index (χ3n) is 4.35. The minimum atomic E-state index is -0.353. The van der Waals surface area contributed by atoms with Crippen LogP contribution in [0.25, 0.3) is 0 Å². The third-order valence-corrected chi connectivity index (χ3v) is 4.35. The summed E-state index contributed by atoms with van der Waals surface area (Å²) in [5.41, 5.74) is 7.64. The molecule has 0 aliphatic heterocycles. The molecule has 0 aromatic heterocycles. The molecule has 3 rings (SSSR count). The van der Waals surface area contributed by atoms with Crippen LogP contribution in [0.4, 0.5) is 0 Å². The van der Waals surface area contributed by atoms with E-state index >= 15 is 0 Å². The summed E-state index contributed by atoms with van der Waals surface area (Å²) in [5.74, 6) is 0.635. The van der Waals surface area contributed by atoms with Crippen LogP contribution in [0.2, 0.25) is 0 Å². The number of amides is 1. The molecule has 0 atom stereocenters. The van der Waals surface area contributed by atoms with Gasteiger partial charge in [0.25, 0.3) is 0 Å². The average Bonchev–Trinajstić information content (AvgIpc) is 3.23. The Morgan fingerprint density at radius 3 is 2.78 bits per heavy atom. The fraction of sp³-hybridized carbons (Fsp3) is 0.533.